The number of nitrogens with zero attached hydrogens (tertiary/aromatic N) is 2. The van der Waals surface area contributed by atoms with Gasteiger partial charge in [-0.3, -0.25) is 14.7 Å². The molecule has 1 saturated heterocycles. The number of nitrogens with one attached hydrogen (secondary N) is 1. The maximum absolute atomic E-state index is 13.2. The number of morpholine rings is 1. The molecule has 0 saturated carbocycles. The van der Waals surface area contributed by atoms with E-state index in [1.807, 2.05) is 30.3 Å². The zero-order valence-electron chi connectivity index (χ0n) is 17.1. The van der Waals surface area contributed by atoms with E-state index in [-0.39, 0.29) is 11.7 Å². The number of hydrogen-bond donors (Lipinski definition) is 1. The second kappa shape index (κ2) is 10.1. The van der Waals surface area contributed by atoms with E-state index in [1.54, 1.807) is 30.6 Å². The highest BCUT2D eigenvalue weighted by Crippen LogP contribution is 2.24. The first kappa shape index (κ1) is 20.9. The van der Waals surface area contributed by atoms with Crippen molar-refractivity contribution in [2.75, 3.05) is 31.6 Å². The lowest BCUT2D eigenvalue weighted by Crippen LogP contribution is -2.35. The topological polar surface area (TPSA) is 54.5 Å². The van der Waals surface area contributed by atoms with Crippen molar-refractivity contribution in [3.63, 3.8) is 0 Å². The summed E-state index contributed by atoms with van der Waals surface area (Å²) in [7, 11) is 0. The van der Waals surface area contributed by atoms with Crippen molar-refractivity contribution < 1.29 is 13.9 Å². The van der Waals surface area contributed by atoms with Gasteiger partial charge in [-0.1, -0.05) is 24.3 Å². The van der Waals surface area contributed by atoms with Crippen LogP contribution in [0.1, 0.15) is 11.1 Å². The molecule has 6 heteroatoms. The van der Waals surface area contributed by atoms with Gasteiger partial charge >= 0.3 is 0 Å². The van der Waals surface area contributed by atoms with E-state index in [9.17, 15) is 9.18 Å². The first-order valence-electron chi connectivity index (χ1n) is 10.3. The number of carbonyl (C=O) groups excluding carboxylic acids is 1. The Balaban J connectivity index is 1.38. The summed E-state index contributed by atoms with van der Waals surface area (Å²) in [5.74, 6) is -0.514. The van der Waals surface area contributed by atoms with Gasteiger partial charge in [0.15, 0.2) is 0 Å². The number of aromatic nitrogens is 1. The quantitative estimate of drug-likeness (QED) is 0.605. The lowest BCUT2D eigenvalue weighted by Gasteiger charge is -2.26. The Kier molecular flexibility index (Phi) is 6.82. The van der Waals surface area contributed by atoms with Crippen LogP contribution in [0.15, 0.2) is 73.1 Å². The minimum absolute atomic E-state index is 0.227. The fourth-order valence-electron chi connectivity index (χ4n) is 3.49. The molecule has 2 heterocycles. The Morgan fingerprint density at radius 3 is 2.55 bits per heavy atom. The summed E-state index contributed by atoms with van der Waals surface area (Å²) < 4.78 is 18.6. The molecular weight excluding hydrogens is 393 g/mol. The van der Waals surface area contributed by atoms with Crippen LogP contribution in [0.5, 0.6) is 0 Å². The van der Waals surface area contributed by atoms with Gasteiger partial charge in [0.1, 0.15) is 5.82 Å². The Morgan fingerprint density at radius 1 is 1.06 bits per heavy atom. The molecule has 0 unspecified atom stereocenters. The van der Waals surface area contributed by atoms with E-state index in [2.05, 4.69) is 15.2 Å². The molecule has 1 N–H and O–H groups in total. The lowest BCUT2D eigenvalue weighted by molar-refractivity contribution is -0.111. The predicted molar refractivity (Wildman–Crippen MR) is 120 cm³/mol. The maximum atomic E-state index is 13.2. The van der Waals surface area contributed by atoms with Gasteiger partial charge in [0.05, 0.1) is 13.2 Å². The summed E-state index contributed by atoms with van der Waals surface area (Å²) in [4.78, 5) is 18.9. The highest BCUT2D eigenvalue weighted by Gasteiger charge is 2.10. The summed E-state index contributed by atoms with van der Waals surface area (Å²) in [5.41, 5.74) is 4.47. The third-order valence-corrected chi connectivity index (χ3v) is 5.15. The molecule has 0 atom stereocenters. The van der Waals surface area contributed by atoms with Crippen molar-refractivity contribution in [3.8, 4) is 11.1 Å². The van der Waals surface area contributed by atoms with Crippen LogP contribution < -0.4 is 5.32 Å². The number of ether oxygens (including phenoxy) is 1. The van der Waals surface area contributed by atoms with Gasteiger partial charge in [-0.15, -0.1) is 0 Å². The summed E-state index contributed by atoms with van der Waals surface area (Å²) in [6.45, 7) is 4.32. The first-order valence-corrected chi connectivity index (χ1v) is 10.3. The molecule has 2 aromatic carbocycles. The number of benzene rings is 2. The SMILES string of the molecule is O=C(C=Cc1cnccc1-c1ccc(F)cc1)Nc1ccc(CN2CCOCC2)cc1. The summed E-state index contributed by atoms with van der Waals surface area (Å²) in [5, 5.41) is 2.88. The van der Waals surface area contributed by atoms with Crippen LogP contribution in [0.4, 0.5) is 10.1 Å². The Morgan fingerprint density at radius 2 is 1.81 bits per heavy atom. The monoisotopic (exact) mass is 417 g/mol. The Bertz CT molecular complexity index is 1040. The van der Waals surface area contributed by atoms with Crippen LogP contribution in [0.3, 0.4) is 0 Å². The summed E-state index contributed by atoms with van der Waals surface area (Å²) in [6.07, 6.45) is 6.55. The molecule has 1 aliphatic rings. The fourth-order valence-corrected chi connectivity index (χ4v) is 3.49. The molecule has 4 rings (SSSR count). The van der Waals surface area contributed by atoms with Gasteiger partial charge in [-0.05, 0) is 53.1 Å². The zero-order valence-corrected chi connectivity index (χ0v) is 17.1. The van der Waals surface area contributed by atoms with Gasteiger partial charge in [0, 0.05) is 49.4 Å². The molecule has 1 amide bonds. The lowest BCUT2D eigenvalue weighted by atomic mass is 10.0. The molecule has 0 aliphatic carbocycles. The van der Waals surface area contributed by atoms with Crippen molar-refractivity contribution in [2.45, 2.75) is 6.54 Å². The average molecular weight is 417 g/mol. The van der Waals surface area contributed by atoms with Gasteiger partial charge < -0.3 is 10.1 Å². The van der Waals surface area contributed by atoms with Crippen LogP contribution in [-0.2, 0) is 16.1 Å². The van der Waals surface area contributed by atoms with Crippen molar-refractivity contribution in [1.82, 2.24) is 9.88 Å². The summed E-state index contributed by atoms with van der Waals surface area (Å²) in [6, 6.07) is 16.0. The van der Waals surface area contributed by atoms with Gasteiger partial charge in [-0.2, -0.15) is 0 Å². The van der Waals surface area contributed by atoms with E-state index in [0.717, 1.165) is 55.2 Å². The Hall–Kier alpha value is -3.35. The van der Waals surface area contributed by atoms with Gasteiger partial charge in [-0.25, -0.2) is 4.39 Å². The largest absolute Gasteiger partial charge is 0.379 e. The first-order chi connectivity index (χ1) is 15.2. The highest BCUT2D eigenvalue weighted by atomic mass is 19.1. The normalized spacial score (nSPS) is 14.6. The molecule has 158 valence electrons. The summed E-state index contributed by atoms with van der Waals surface area (Å²) >= 11 is 0. The molecule has 0 spiro atoms. The standard InChI is InChI=1S/C25H24FN3O2/c26-22-6-3-20(4-7-22)24-11-12-27-17-21(24)5-10-25(30)28-23-8-1-19(2-9-23)18-29-13-15-31-16-14-29/h1-12,17H,13-16,18H2,(H,28,30). The molecule has 0 radical (unpaired) electrons. The van der Waals surface area contributed by atoms with Crippen molar-refractivity contribution in [2.24, 2.45) is 0 Å². The third-order valence-electron chi connectivity index (χ3n) is 5.15. The molecule has 5 nitrogen and oxygen atoms in total. The van der Waals surface area contributed by atoms with Crippen molar-refractivity contribution in [3.05, 3.63) is 90.0 Å². The van der Waals surface area contributed by atoms with Crippen LogP contribution in [0.25, 0.3) is 17.2 Å². The molecule has 1 fully saturated rings. The number of hydrogen-bond acceptors (Lipinski definition) is 4. The second-order valence-electron chi connectivity index (χ2n) is 7.38. The number of amides is 1. The minimum Gasteiger partial charge on any atom is -0.379 e. The van der Waals surface area contributed by atoms with Crippen LogP contribution in [-0.4, -0.2) is 42.1 Å². The number of rotatable bonds is 6. The second-order valence-corrected chi connectivity index (χ2v) is 7.38. The Labute approximate surface area is 181 Å². The van der Waals surface area contributed by atoms with Crippen LogP contribution >= 0.6 is 0 Å². The van der Waals surface area contributed by atoms with Gasteiger partial charge in [0.2, 0.25) is 5.91 Å². The van der Waals surface area contributed by atoms with Crippen molar-refractivity contribution in [1.29, 1.82) is 0 Å². The predicted octanol–water partition coefficient (Wildman–Crippen LogP) is 4.37. The smallest absolute Gasteiger partial charge is 0.248 e. The van der Waals surface area contributed by atoms with Crippen molar-refractivity contribution >= 4 is 17.7 Å². The molecule has 0 bridgehead atoms. The fraction of sp³-hybridized carbons (Fsp3) is 0.200. The van der Waals surface area contributed by atoms with Crippen LogP contribution in [0, 0.1) is 5.82 Å². The third kappa shape index (κ3) is 5.84. The van der Waals surface area contributed by atoms with E-state index >= 15 is 0 Å². The van der Waals surface area contributed by atoms with Gasteiger partial charge in [0.25, 0.3) is 0 Å². The average Bonchev–Trinajstić information content (AvgIpc) is 2.80. The van der Waals surface area contributed by atoms with E-state index in [1.165, 1.54) is 23.8 Å². The maximum Gasteiger partial charge on any atom is 0.248 e. The molecule has 31 heavy (non-hydrogen) atoms. The van der Waals surface area contributed by atoms with E-state index in [0.29, 0.717) is 0 Å². The number of halogens is 1. The highest BCUT2D eigenvalue weighted by molar-refractivity contribution is 6.02. The molecule has 3 aromatic rings. The molecule has 1 aliphatic heterocycles. The number of anilines is 1. The molecular formula is C25H24FN3O2. The number of pyridine rings is 1. The van der Waals surface area contributed by atoms with E-state index in [4.69, 9.17) is 4.74 Å². The molecule has 1 aromatic heterocycles. The van der Waals surface area contributed by atoms with Crippen LogP contribution in [0.2, 0.25) is 0 Å². The minimum atomic E-state index is -0.287. The zero-order chi connectivity index (χ0) is 21.5. The van der Waals surface area contributed by atoms with E-state index < -0.39 is 0 Å². The number of carbonyl (C=O) groups is 1.